The second-order valence-electron chi connectivity index (χ2n) is 5.90. The minimum Gasteiger partial charge on any atom is -0.323 e. The molecule has 0 aromatic carbocycles. The lowest BCUT2D eigenvalue weighted by Gasteiger charge is -2.17. The number of thiazole rings is 1. The summed E-state index contributed by atoms with van der Waals surface area (Å²) in [4.78, 5) is 6.41. The third-order valence-electron chi connectivity index (χ3n) is 4.47. The first kappa shape index (κ1) is 12.6. The number of aryl methyl sites for hydroxylation is 1. The molecule has 1 aromatic heterocycles. The SMILES string of the molecule is NC1CCCc2sc(C3CCCCCCC3)nc21. The van der Waals surface area contributed by atoms with Gasteiger partial charge in [-0.3, -0.25) is 0 Å². The quantitative estimate of drug-likeness (QED) is 0.821. The van der Waals surface area contributed by atoms with E-state index in [1.54, 1.807) is 0 Å². The maximum atomic E-state index is 6.19. The summed E-state index contributed by atoms with van der Waals surface area (Å²) < 4.78 is 0. The summed E-state index contributed by atoms with van der Waals surface area (Å²) in [5.74, 6) is 0.730. The van der Waals surface area contributed by atoms with Gasteiger partial charge in [0.15, 0.2) is 0 Å². The zero-order chi connectivity index (χ0) is 12.4. The van der Waals surface area contributed by atoms with Crippen molar-refractivity contribution < 1.29 is 0 Å². The van der Waals surface area contributed by atoms with Crippen molar-refractivity contribution >= 4 is 11.3 Å². The molecule has 0 amide bonds. The van der Waals surface area contributed by atoms with Crippen molar-refractivity contribution in [2.24, 2.45) is 5.73 Å². The molecule has 0 bridgehead atoms. The lowest BCUT2D eigenvalue weighted by molar-refractivity contribution is 0.453. The van der Waals surface area contributed by atoms with E-state index in [2.05, 4.69) is 0 Å². The van der Waals surface area contributed by atoms with Crippen LogP contribution in [0.4, 0.5) is 0 Å². The maximum absolute atomic E-state index is 6.19. The molecular formula is C15H24N2S. The van der Waals surface area contributed by atoms with Gasteiger partial charge < -0.3 is 5.73 Å². The number of aromatic nitrogens is 1. The van der Waals surface area contributed by atoms with Gasteiger partial charge in [0.25, 0.3) is 0 Å². The minimum absolute atomic E-state index is 0.215. The van der Waals surface area contributed by atoms with Crippen LogP contribution < -0.4 is 5.73 Å². The zero-order valence-corrected chi connectivity index (χ0v) is 12.0. The summed E-state index contributed by atoms with van der Waals surface area (Å²) in [6, 6.07) is 0.215. The second kappa shape index (κ2) is 5.70. The molecular weight excluding hydrogens is 240 g/mol. The molecule has 0 saturated heterocycles. The predicted octanol–water partition coefficient (Wildman–Crippen LogP) is 4.31. The molecule has 1 unspecified atom stereocenters. The van der Waals surface area contributed by atoms with Crippen LogP contribution in [0.5, 0.6) is 0 Å². The Bertz CT molecular complexity index is 391. The van der Waals surface area contributed by atoms with Gasteiger partial charge in [-0.15, -0.1) is 11.3 Å². The maximum Gasteiger partial charge on any atom is 0.0962 e. The van der Waals surface area contributed by atoms with Crippen molar-refractivity contribution in [2.75, 3.05) is 0 Å². The van der Waals surface area contributed by atoms with Crippen LogP contribution in [0.3, 0.4) is 0 Å². The average molecular weight is 264 g/mol. The first-order valence-corrected chi connectivity index (χ1v) is 8.41. The van der Waals surface area contributed by atoms with Crippen molar-refractivity contribution in [1.82, 2.24) is 4.98 Å². The number of fused-ring (bicyclic) bond motifs is 1. The van der Waals surface area contributed by atoms with E-state index in [0.717, 1.165) is 12.3 Å². The van der Waals surface area contributed by atoms with Gasteiger partial charge >= 0.3 is 0 Å². The molecule has 1 fully saturated rings. The first-order chi connectivity index (χ1) is 8.84. The number of nitrogens with zero attached hydrogens (tertiary/aromatic N) is 1. The molecule has 3 heteroatoms. The van der Waals surface area contributed by atoms with E-state index in [1.807, 2.05) is 11.3 Å². The highest BCUT2D eigenvalue weighted by Crippen LogP contribution is 2.38. The molecule has 0 aliphatic heterocycles. The average Bonchev–Trinajstić information content (AvgIpc) is 2.73. The highest BCUT2D eigenvalue weighted by atomic mass is 32.1. The topological polar surface area (TPSA) is 38.9 Å². The Morgan fingerprint density at radius 1 is 0.944 bits per heavy atom. The Morgan fingerprint density at radius 2 is 1.67 bits per heavy atom. The molecule has 1 heterocycles. The summed E-state index contributed by atoms with van der Waals surface area (Å²) in [6.07, 6.45) is 13.3. The Hall–Kier alpha value is -0.410. The molecule has 18 heavy (non-hydrogen) atoms. The Labute approximate surface area is 114 Å². The number of rotatable bonds is 1. The summed E-state index contributed by atoms with van der Waals surface area (Å²) in [5.41, 5.74) is 7.43. The van der Waals surface area contributed by atoms with E-state index < -0.39 is 0 Å². The lowest BCUT2D eigenvalue weighted by atomic mass is 9.91. The summed E-state index contributed by atoms with van der Waals surface area (Å²) >= 11 is 1.97. The van der Waals surface area contributed by atoms with Crippen LogP contribution in [0.2, 0.25) is 0 Å². The fourth-order valence-corrected chi connectivity index (χ4v) is 4.69. The largest absolute Gasteiger partial charge is 0.323 e. The van der Waals surface area contributed by atoms with Crippen LogP contribution in [0.1, 0.15) is 85.3 Å². The van der Waals surface area contributed by atoms with Crippen molar-refractivity contribution in [3.05, 3.63) is 15.6 Å². The lowest BCUT2D eigenvalue weighted by Crippen LogP contribution is -2.16. The summed E-state index contributed by atoms with van der Waals surface area (Å²) in [7, 11) is 0. The van der Waals surface area contributed by atoms with E-state index in [0.29, 0.717) is 0 Å². The smallest absolute Gasteiger partial charge is 0.0962 e. The van der Waals surface area contributed by atoms with Gasteiger partial charge in [0.2, 0.25) is 0 Å². The third-order valence-corrected chi connectivity index (χ3v) is 5.76. The van der Waals surface area contributed by atoms with Crippen molar-refractivity contribution in [3.8, 4) is 0 Å². The van der Waals surface area contributed by atoms with Gasteiger partial charge in [0, 0.05) is 16.8 Å². The highest BCUT2D eigenvalue weighted by Gasteiger charge is 2.25. The highest BCUT2D eigenvalue weighted by molar-refractivity contribution is 7.11. The molecule has 1 atom stereocenters. The summed E-state index contributed by atoms with van der Waals surface area (Å²) in [6.45, 7) is 0. The minimum atomic E-state index is 0.215. The number of hydrogen-bond acceptors (Lipinski definition) is 3. The van der Waals surface area contributed by atoms with E-state index in [9.17, 15) is 0 Å². The fourth-order valence-electron chi connectivity index (χ4n) is 3.35. The fraction of sp³-hybridized carbons (Fsp3) is 0.800. The van der Waals surface area contributed by atoms with Gasteiger partial charge in [-0.1, -0.05) is 32.1 Å². The van der Waals surface area contributed by atoms with Crippen LogP contribution in [-0.4, -0.2) is 4.98 Å². The second-order valence-corrected chi connectivity index (χ2v) is 7.02. The van der Waals surface area contributed by atoms with Crippen LogP contribution in [-0.2, 0) is 6.42 Å². The molecule has 2 nitrogen and oxygen atoms in total. The predicted molar refractivity (Wildman–Crippen MR) is 77.0 cm³/mol. The molecule has 1 saturated carbocycles. The van der Waals surface area contributed by atoms with Gasteiger partial charge in [0.05, 0.1) is 10.7 Å². The van der Waals surface area contributed by atoms with Crippen molar-refractivity contribution in [1.29, 1.82) is 0 Å². The Morgan fingerprint density at radius 3 is 2.39 bits per heavy atom. The molecule has 3 rings (SSSR count). The Kier molecular flexibility index (Phi) is 4.00. The van der Waals surface area contributed by atoms with E-state index >= 15 is 0 Å². The van der Waals surface area contributed by atoms with Crippen LogP contribution >= 0.6 is 11.3 Å². The first-order valence-electron chi connectivity index (χ1n) is 7.59. The van der Waals surface area contributed by atoms with Gasteiger partial charge in [-0.25, -0.2) is 4.98 Å². The van der Waals surface area contributed by atoms with Crippen molar-refractivity contribution in [2.45, 2.75) is 76.2 Å². The van der Waals surface area contributed by atoms with Crippen LogP contribution in [0, 0.1) is 0 Å². The number of hydrogen-bond donors (Lipinski definition) is 1. The number of nitrogens with two attached hydrogens (primary N) is 1. The third kappa shape index (κ3) is 2.62. The standard InChI is InChI=1S/C15H24N2S/c16-12-9-6-10-13-14(12)17-15(18-13)11-7-4-2-1-3-5-8-11/h11-12H,1-10,16H2. The zero-order valence-electron chi connectivity index (χ0n) is 11.2. The molecule has 0 spiro atoms. The normalized spacial score (nSPS) is 26.4. The van der Waals surface area contributed by atoms with Crippen LogP contribution in [0.25, 0.3) is 0 Å². The molecule has 2 aliphatic carbocycles. The molecule has 2 aliphatic rings. The Balaban J connectivity index is 1.78. The monoisotopic (exact) mass is 264 g/mol. The van der Waals surface area contributed by atoms with Gasteiger partial charge in [0.1, 0.15) is 0 Å². The van der Waals surface area contributed by atoms with Gasteiger partial charge in [-0.05, 0) is 32.1 Å². The van der Waals surface area contributed by atoms with Crippen LogP contribution in [0.15, 0.2) is 0 Å². The van der Waals surface area contributed by atoms with Gasteiger partial charge in [-0.2, -0.15) is 0 Å². The summed E-state index contributed by atoms with van der Waals surface area (Å²) in [5, 5.41) is 1.40. The van der Waals surface area contributed by atoms with E-state index in [1.165, 1.54) is 73.4 Å². The van der Waals surface area contributed by atoms with E-state index in [-0.39, 0.29) is 6.04 Å². The molecule has 0 radical (unpaired) electrons. The molecule has 100 valence electrons. The molecule has 1 aromatic rings. The molecule has 2 N–H and O–H groups in total. The van der Waals surface area contributed by atoms with Crippen molar-refractivity contribution in [3.63, 3.8) is 0 Å². The van der Waals surface area contributed by atoms with E-state index in [4.69, 9.17) is 10.7 Å².